The van der Waals surface area contributed by atoms with Gasteiger partial charge in [0, 0.05) is 42.8 Å². The highest BCUT2D eigenvalue weighted by Gasteiger charge is 2.11. The number of aromatic nitrogens is 3. The van der Waals surface area contributed by atoms with Crippen molar-refractivity contribution < 1.29 is 4.74 Å². The second-order valence-corrected chi connectivity index (χ2v) is 7.77. The molecule has 0 unspecified atom stereocenters. The van der Waals surface area contributed by atoms with Crippen molar-refractivity contribution in [3.63, 3.8) is 0 Å². The zero-order chi connectivity index (χ0) is 19.8. The van der Waals surface area contributed by atoms with Gasteiger partial charge in [0.05, 0.1) is 36.1 Å². The number of ether oxygens (including phenoxy) is 1. The van der Waals surface area contributed by atoms with Gasteiger partial charge in [0.15, 0.2) is 5.96 Å². The number of guanidine groups is 1. The number of thiazole rings is 1. The standard InChI is InChI=1S/C19H32N6OS/c1-7-20-19(21-9-8-18-23-13(2)16(5)27-18)22-12-17-14(3)24-25(15(17)4)10-11-26-6/h7-12H2,1-6H3,(H2,20,21,22). The molecule has 8 heteroatoms. The molecule has 150 valence electrons. The van der Waals surface area contributed by atoms with Crippen molar-refractivity contribution in [1.29, 1.82) is 0 Å². The van der Waals surface area contributed by atoms with Crippen LogP contribution in [0.4, 0.5) is 0 Å². The van der Waals surface area contributed by atoms with E-state index in [1.54, 1.807) is 18.4 Å². The van der Waals surface area contributed by atoms with E-state index in [9.17, 15) is 0 Å². The van der Waals surface area contributed by atoms with E-state index in [2.05, 4.69) is 48.4 Å². The quantitative estimate of drug-likeness (QED) is 0.507. The maximum absolute atomic E-state index is 5.16. The van der Waals surface area contributed by atoms with Gasteiger partial charge in [-0.2, -0.15) is 5.10 Å². The minimum Gasteiger partial charge on any atom is -0.383 e. The van der Waals surface area contributed by atoms with E-state index in [4.69, 9.17) is 9.73 Å². The van der Waals surface area contributed by atoms with Crippen LogP contribution in [0.3, 0.4) is 0 Å². The highest BCUT2D eigenvalue weighted by atomic mass is 32.1. The van der Waals surface area contributed by atoms with E-state index in [0.717, 1.165) is 49.1 Å². The van der Waals surface area contributed by atoms with E-state index in [0.29, 0.717) is 13.2 Å². The molecule has 2 aromatic heterocycles. The molecule has 2 rings (SSSR count). The molecule has 0 aliphatic heterocycles. The van der Waals surface area contributed by atoms with Gasteiger partial charge in [0.1, 0.15) is 0 Å². The van der Waals surface area contributed by atoms with Crippen molar-refractivity contribution in [2.45, 2.75) is 54.1 Å². The second kappa shape index (κ2) is 10.4. The minimum atomic E-state index is 0.607. The second-order valence-electron chi connectivity index (χ2n) is 6.49. The lowest BCUT2D eigenvalue weighted by molar-refractivity contribution is 0.182. The van der Waals surface area contributed by atoms with Crippen molar-refractivity contribution in [2.24, 2.45) is 4.99 Å². The Bertz CT molecular complexity index is 745. The Morgan fingerprint density at radius 3 is 2.59 bits per heavy atom. The Balaban J connectivity index is 1.97. The molecular formula is C19H32N6OS. The molecule has 0 amide bonds. The van der Waals surface area contributed by atoms with Crippen LogP contribution in [0.15, 0.2) is 4.99 Å². The van der Waals surface area contributed by atoms with Crippen LogP contribution in [-0.2, 0) is 24.2 Å². The summed E-state index contributed by atoms with van der Waals surface area (Å²) in [5, 5.41) is 12.5. The van der Waals surface area contributed by atoms with E-state index >= 15 is 0 Å². The lowest BCUT2D eigenvalue weighted by Gasteiger charge is -2.11. The average molecular weight is 393 g/mol. The maximum atomic E-state index is 5.16. The van der Waals surface area contributed by atoms with Crippen molar-refractivity contribution in [2.75, 3.05) is 26.8 Å². The Hall–Kier alpha value is -1.93. The first-order valence-corrected chi connectivity index (χ1v) is 10.2. The van der Waals surface area contributed by atoms with Crippen LogP contribution in [0.1, 0.15) is 39.5 Å². The summed E-state index contributed by atoms with van der Waals surface area (Å²) in [5.74, 6) is 0.825. The van der Waals surface area contributed by atoms with Crippen LogP contribution in [0.2, 0.25) is 0 Å². The lowest BCUT2D eigenvalue weighted by atomic mass is 10.2. The molecule has 0 radical (unpaired) electrons. The number of hydrogen-bond donors (Lipinski definition) is 2. The summed E-state index contributed by atoms with van der Waals surface area (Å²) in [5.41, 5.74) is 4.48. The summed E-state index contributed by atoms with van der Waals surface area (Å²) in [4.78, 5) is 10.6. The van der Waals surface area contributed by atoms with Gasteiger partial charge in [-0.1, -0.05) is 0 Å². The van der Waals surface area contributed by atoms with Gasteiger partial charge in [0.2, 0.25) is 0 Å². The van der Waals surface area contributed by atoms with Gasteiger partial charge in [0.25, 0.3) is 0 Å². The smallest absolute Gasteiger partial charge is 0.191 e. The zero-order valence-electron chi connectivity index (χ0n) is 17.3. The predicted molar refractivity (Wildman–Crippen MR) is 112 cm³/mol. The third kappa shape index (κ3) is 6.04. The van der Waals surface area contributed by atoms with Crippen molar-refractivity contribution >= 4 is 17.3 Å². The molecule has 0 saturated heterocycles. The molecule has 0 aromatic carbocycles. The number of hydrogen-bond acceptors (Lipinski definition) is 5. The summed E-state index contributed by atoms with van der Waals surface area (Å²) in [6.45, 7) is 14.0. The van der Waals surface area contributed by atoms with Crippen LogP contribution >= 0.6 is 11.3 Å². The first-order valence-electron chi connectivity index (χ1n) is 9.43. The lowest BCUT2D eigenvalue weighted by Crippen LogP contribution is -2.38. The van der Waals surface area contributed by atoms with Gasteiger partial charge in [-0.05, 0) is 34.6 Å². The average Bonchev–Trinajstić information content (AvgIpc) is 3.09. The third-order valence-electron chi connectivity index (χ3n) is 4.48. The molecule has 0 saturated carbocycles. The van der Waals surface area contributed by atoms with Gasteiger partial charge in [-0.3, -0.25) is 4.68 Å². The highest BCUT2D eigenvalue weighted by Crippen LogP contribution is 2.16. The monoisotopic (exact) mass is 392 g/mol. The molecule has 27 heavy (non-hydrogen) atoms. The number of methoxy groups -OCH3 is 1. The molecule has 0 spiro atoms. The first-order chi connectivity index (χ1) is 13.0. The molecule has 0 aliphatic rings. The fourth-order valence-electron chi connectivity index (χ4n) is 2.79. The normalized spacial score (nSPS) is 11.9. The summed E-state index contributed by atoms with van der Waals surface area (Å²) in [7, 11) is 1.71. The summed E-state index contributed by atoms with van der Waals surface area (Å²) in [6, 6.07) is 0. The van der Waals surface area contributed by atoms with Crippen molar-refractivity contribution in [1.82, 2.24) is 25.4 Å². The minimum absolute atomic E-state index is 0.607. The Labute approximate surface area is 166 Å². The van der Waals surface area contributed by atoms with E-state index in [-0.39, 0.29) is 0 Å². The van der Waals surface area contributed by atoms with Crippen LogP contribution in [0.25, 0.3) is 0 Å². The van der Waals surface area contributed by atoms with Crippen LogP contribution < -0.4 is 10.6 Å². The summed E-state index contributed by atoms with van der Waals surface area (Å²) in [6.07, 6.45) is 0.900. The van der Waals surface area contributed by atoms with E-state index in [1.165, 1.54) is 15.4 Å². The van der Waals surface area contributed by atoms with Crippen LogP contribution in [0, 0.1) is 27.7 Å². The van der Waals surface area contributed by atoms with Gasteiger partial charge < -0.3 is 15.4 Å². The van der Waals surface area contributed by atoms with E-state index in [1.807, 2.05) is 11.6 Å². The largest absolute Gasteiger partial charge is 0.383 e. The topological polar surface area (TPSA) is 76.4 Å². The van der Waals surface area contributed by atoms with Crippen LogP contribution in [-0.4, -0.2) is 47.5 Å². The maximum Gasteiger partial charge on any atom is 0.191 e. The predicted octanol–water partition coefficient (Wildman–Crippen LogP) is 2.52. The Morgan fingerprint density at radius 1 is 1.19 bits per heavy atom. The van der Waals surface area contributed by atoms with Gasteiger partial charge in [-0.25, -0.2) is 9.98 Å². The number of nitrogens with zero attached hydrogens (tertiary/aromatic N) is 4. The molecule has 2 aromatic rings. The molecule has 0 atom stereocenters. The number of rotatable bonds is 9. The SMILES string of the molecule is CCNC(=NCc1c(C)nn(CCOC)c1C)NCCc1nc(C)c(C)s1. The fraction of sp³-hybridized carbons (Fsp3) is 0.632. The number of nitrogens with one attached hydrogen (secondary N) is 2. The van der Waals surface area contributed by atoms with Crippen LogP contribution in [0.5, 0.6) is 0 Å². The molecule has 7 nitrogen and oxygen atoms in total. The fourth-order valence-corrected chi connectivity index (χ4v) is 3.73. The highest BCUT2D eigenvalue weighted by molar-refractivity contribution is 7.11. The number of aliphatic imine (C=N–C) groups is 1. The molecular weight excluding hydrogens is 360 g/mol. The molecule has 0 aliphatic carbocycles. The Morgan fingerprint density at radius 2 is 1.96 bits per heavy atom. The van der Waals surface area contributed by atoms with E-state index < -0.39 is 0 Å². The molecule has 0 bridgehead atoms. The molecule has 2 heterocycles. The van der Waals surface area contributed by atoms with Crippen molar-refractivity contribution in [3.05, 3.63) is 32.5 Å². The Kier molecular flexibility index (Phi) is 8.24. The van der Waals surface area contributed by atoms with Gasteiger partial charge in [-0.15, -0.1) is 11.3 Å². The summed E-state index contributed by atoms with van der Waals surface area (Å²) >= 11 is 1.77. The van der Waals surface area contributed by atoms with Gasteiger partial charge >= 0.3 is 0 Å². The third-order valence-corrected chi connectivity index (χ3v) is 5.61. The number of aryl methyl sites for hydroxylation is 3. The zero-order valence-corrected chi connectivity index (χ0v) is 18.2. The molecule has 2 N–H and O–H groups in total. The first kappa shape index (κ1) is 21.4. The summed E-state index contributed by atoms with van der Waals surface area (Å²) < 4.78 is 7.15. The van der Waals surface area contributed by atoms with Crippen molar-refractivity contribution in [3.8, 4) is 0 Å². The molecule has 0 fully saturated rings.